The topological polar surface area (TPSA) is 165 Å². The van der Waals surface area contributed by atoms with Crippen molar-refractivity contribution in [3.63, 3.8) is 0 Å². The van der Waals surface area contributed by atoms with Crippen LogP contribution < -0.4 is 10.6 Å². The molecule has 2 fully saturated rings. The number of anilines is 1. The number of phenols is 1. The van der Waals surface area contributed by atoms with Crippen LogP contribution in [0.4, 0.5) is 5.69 Å². The number of amides is 1. The Kier molecular flexibility index (Phi) is 6.99. The summed E-state index contributed by atoms with van der Waals surface area (Å²) in [6.45, 7) is 0. The molecule has 4 aliphatic rings. The fraction of sp³-hybridized carbons (Fsp3) is 0.567. The molecule has 1 aromatic carbocycles. The summed E-state index contributed by atoms with van der Waals surface area (Å²) in [7, 11) is 6.93. The summed E-state index contributed by atoms with van der Waals surface area (Å²) in [5, 5.41) is 45.8. The Morgan fingerprint density at radius 3 is 2.33 bits per heavy atom. The molecule has 2 saturated carbocycles. The third kappa shape index (κ3) is 4.03. The molecule has 4 atom stereocenters. The zero-order chi connectivity index (χ0) is 29.3. The molecule has 1 amide bonds. The lowest BCUT2D eigenvalue weighted by Gasteiger charge is -2.50. The molecular formula is C30H39N3O7. The number of phenolic OH excluding ortho intramolecular Hbond substituents is 1. The molecule has 0 saturated heterocycles. The van der Waals surface area contributed by atoms with Crippen LogP contribution in [0.2, 0.25) is 0 Å². The van der Waals surface area contributed by atoms with Crippen molar-refractivity contribution >= 4 is 28.9 Å². The summed E-state index contributed by atoms with van der Waals surface area (Å²) in [5.74, 6) is -5.70. The zero-order valence-corrected chi connectivity index (χ0v) is 23.5. The van der Waals surface area contributed by atoms with Gasteiger partial charge in [-0.25, -0.2) is 0 Å². The van der Waals surface area contributed by atoms with Crippen LogP contribution in [0.5, 0.6) is 5.75 Å². The Morgan fingerprint density at radius 1 is 1.10 bits per heavy atom. The maximum absolute atomic E-state index is 14.1. The van der Waals surface area contributed by atoms with Gasteiger partial charge in [-0.15, -0.1) is 0 Å². The highest BCUT2D eigenvalue weighted by molar-refractivity contribution is 6.24. The molecular weight excluding hydrogens is 514 g/mol. The number of aromatic hydroxyl groups is 1. The smallest absolute Gasteiger partial charge is 0.255 e. The van der Waals surface area contributed by atoms with Gasteiger partial charge in [0, 0.05) is 31.3 Å². The fourth-order valence-corrected chi connectivity index (χ4v) is 7.59. The van der Waals surface area contributed by atoms with Crippen molar-refractivity contribution in [2.75, 3.05) is 33.1 Å². The van der Waals surface area contributed by atoms with Gasteiger partial charge in [-0.05, 0) is 68.8 Å². The highest BCUT2D eigenvalue weighted by Gasteiger charge is 2.64. The van der Waals surface area contributed by atoms with Crippen LogP contribution in [0.25, 0.3) is 5.76 Å². The van der Waals surface area contributed by atoms with E-state index in [1.807, 2.05) is 25.1 Å². The van der Waals surface area contributed by atoms with Crippen LogP contribution in [-0.4, -0.2) is 82.6 Å². The standard InChI is InChI=1S/C30H39N3O7/c1-32(2)19-13-15(10-9-14-7-5-6-8-14)24(34)21-17(19)11-16-12-18-23(33(3)4)26(36)22(29(31)39)28(38)30(18,40)27(37)20(16)25(21)35/h13-14,16,18,23,34-35,38,40H,5-12H2,1-4H3,(H2,31,39)/t16-,18-,23?,30-/m0/s1. The van der Waals surface area contributed by atoms with E-state index < -0.39 is 58.0 Å². The van der Waals surface area contributed by atoms with E-state index in [9.17, 15) is 34.8 Å². The molecule has 10 nitrogen and oxygen atoms in total. The van der Waals surface area contributed by atoms with Gasteiger partial charge in [0.05, 0.1) is 11.6 Å². The van der Waals surface area contributed by atoms with Crippen molar-refractivity contribution in [1.82, 2.24) is 4.90 Å². The number of carbonyl (C=O) groups excluding carboxylic acids is 3. The van der Waals surface area contributed by atoms with Gasteiger partial charge in [-0.3, -0.25) is 19.3 Å². The van der Waals surface area contributed by atoms with Gasteiger partial charge in [0.25, 0.3) is 5.91 Å². The Morgan fingerprint density at radius 2 is 1.75 bits per heavy atom. The molecule has 4 aliphatic carbocycles. The molecule has 10 heteroatoms. The van der Waals surface area contributed by atoms with Crippen molar-refractivity contribution in [2.24, 2.45) is 23.5 Å². The first-order chi connectivity index (χ1) is 18.8. The Hall–Kier alpha value is -3.37. The normalized spacial score (nSPS) is 28.6. The lowest BCUT2D eigenvalue weighted by molar-refractivity contribution is -0.153. The van der Waals surface area contributed by atoms with Crippen molar-refractivity contribution < 1.29 is 34.8 Å². The predicted octanol–water partition coefficient (Wildman–Crippen LogP) is 2.15. The third-order valence-electron chi connectivity index (χ3n) is 9.55. The van der Waals surface area contributed by atoms with Crippen molar-refractivity contribution in [3.05, 3.63) is 39.7 Å². The third-order valence-corrected chi connectivity index (χ3v) is 9.55. The van der Waals surface area contributed by atoms with Crippen LogP contribution in [-0.2, 0) is 27.2 Å². The summed E-state index contributed by atoms with van der Waals surface area (Å²) in [4.78, 5) is 42.9. The maximum atomic E-state index is 14.1. The Bertz CT molecular complexity index is 1360. The molecule has 0 bridgehead atoms. The minimum absolute atomic E-state index is 0.0722. The number of nitrogens with two attached hydrogens (primary N) is 1. The van der Waals surface area contributed by atoms with E-state index in [1.54, 1.807) is 14.1 Å². The number of aryl methyl sites for hydroxylation is 1. The zero-order valence-electron chi connectivity index (χ0n) is 23.5. The van der Waals surface area contributed by atoms with Gasteiger partial charge in [0.15, 0.2) is 11.4 Å². The molecule has 6 N–H and O–H groups in total. The van der Waals surface area contributed by atoms with Gasteiger partial charge in [0.2, 0.25) is 5.78 Å². The molecule has 216 valence electrons. The summed E-state index contributed by atoms with van der Waals surface area (Å²) >= 11 is 0. The van der Waals surface area contributed by atoms with Crippen molar-refractivity contribution in [1.29, 1.82) is 0 Å². The molecule has 0 aliphatic heterocycles. The number of fused-ring (bicyclic) bond motifs is 3. The molecule has 0 heterocycles. The number of hydrogen-bond donors (Lipinski definition) is 5. The second-order valence-electron chi connectivity index (χ2n) is 12.3. The minimum atomic E-state index is -2.63. The number of primary amides is 1. The predicted molar refractivity (Wildman–Crippen MR) is 149 cm³/mol. The van der Waals surface area contributed by atoms with Gasteiger partial charge in [-0.1, -0.05) is 25.7 Å². The molecule has 40 heavy (non-hydrogen) atoms. The first-order valence-corrected chi connectivity index (χ1v) is 14.0. The van der Waals surface area contributed by atoms with Crippen molar-refractivity contribution in [2.45, 2.75) is 63.0 Å². The first kappa shape index (κ1) is 28.2. The summed E-state index contributed by atoms with van der Waals surface area (Å²) in [6.07, 6.45) is 6.63. The second-order valence-corrected chi connectivity index (χ2v) is 12.3. The van der Waals surface area contributed by atoms with E-state index >= 15 is 0 Å². The lowest BCUT2D eigenvalue weighted by Crippen LogP contribution is -2.65. The van der Waals surface area contributed by atoms with Crippen LogP contribution >= 0.6 is 0 Å². The number of rotatable bonds is 6. The molecule has 0 spiro atoms. The Balaban J connectivity index is 1.67. The SMILES string of the molecule is CN(C)c1cc(CCC2CCCC2)c(O)c2c1C[C@H]1C[C@H]3C(N(C)C)C(=O)C(C(N)=O)=C(O)[C@@]3(O)C(=O)C1=C2O. The van der Waals surface area contributed by atoms with Crippen LogP contribution in [0, 0.1) is 17.8 Å². The highest BCUT2D eigenvalue weighted by Crippen LogP contribution is 2.54. The van der Waals surface area contributed by atoms with E-state index in [2.05, 4.69) is 0 Å². The summed E-state index contributed by atoms with van der Waals surface area (Å²) in [6, 6.07) is 0.847. The van der Waals surface area contributed by atoms with Crippen LogP contribution in [0.1, 0.15) is 55.2 Å². The number of ketones is 2. The Labute approximate surface area is 233 Å². The number of Topliss-reactive ketones (excluding diaryl/α,β-unsaturated/α-hetero) is 2. The first-order valence-electron chi connectivity index (χ1n) is 14.0. The summed E-state index contributed by atoms with van der Waals surface area (Å²) < 4.78 is 0. The number of aliphatic hydroxyl groups is 3. The molecule has 0 aromatic heterocycles. The highest BCUT2D eigenvalue weighted by atomic mass is 16.3. The minimum Gasteiger partial charge on any atom is -0.508 e. The number of benzene rings is 1. The van der Waals surface area contributed by atoms with E-state index in [1.165, 1.54) is 17.7 Å². The molecule has 1 aromatic rings. The van der Waals surface area contributed by atoms with Gasteiger partial charge in [0.1, 0.15) is 22.8 Å². The van der Waals surface area contributed by atoms with E-state index in [0.717, 1.165) is 24.9 Å². The maximum Gasteiger partial charge on any atom is 0.255 e. The van der Waals surface area contributed by atoms with Gasteiger partial charge >= 0.3 is 0 Å². The summed E-state index contributed by atoms with van der Waals surface area (Å²) in [5.41, 5.74) is 4.15. The second kappa shape index (κ2) is 9.92. The number of likely N-dealkylation sites (N-methyl/N-ethyl adjacent to an activating group) is 1. The monoisotopic (exact) mass is 553 g/mol. The fourth-order valence-electron chi connectivity index (χ4n) is 7.59. The lowest BCUT2D eigenvalue weighted by atomic mass is 9.57. The number of carbonyl (C=O) groups is 3. The van der Waals surface area contributed by atoms with Crippen molar-refractivity contribution in [3.8, 4) is 5.75 Å². The van der Waals surface area contributed by atoms with Crippen LogP contribution in [0.15, 0.2) is 23.0 Å². The number of aliphatic hydroxyl groups excluding tert-OH is 2. The van der Waals surface area contributed by atoms with Crippen LogP contribution in [0.3, 0.4) is 0 Å². The molecule has 5 rings (SSSR count). The quantitative estimate of drug-likeness (QED) is 0.332. The van der Waals surface area contributed by atoms with E-state index in [-0.39, 0.29) is 29.7 Å². The number of hydrogen-bond acceptors (Lipinski definition) is 9. The van der Waals surface area contributed by atoms with Gasteiger partial charge < -0.3 is 31.1 Å². The number of nitrogens with zero attached hydrogens (tertiary/aromatic N) is 2. The molecule has 0 radical (unpaired) electrons. The average Bonchev–Trinajstić information content (AvgIpc) is 3.39. The van der Waals surface area contributed by atoms with E-state index in [0.29, 0.717) is 23.5 Å². The van der Waals surface area contributed by atoms with Gasteiger partial charge in [-0.2, -0.15) is 0 Å². The average molecular weight is 554 g/mol. The molecule has 1 unspecified atom stereocenters. The largest absolute Gasteiger partial charge is 0.508 e. The van der Waals surface area contributed by atoms with E-state index in [4.69, 9.17) is 5.73 Å².